The van der Waals surface area contributed by atoms with Crippen LogP contribution in [0.4, 0.5) is 0 Å². The van der Waals surface area contributed by atoms with Gasteiger partial charge in [-0.15, -0.1) is 0 Å². The Morgan fingerprint density at radius 3 is 2.55 bits per heavy atom. The number of thioether (sulfide) groups is 1. The van der Waals surface area contributed by atoms with Crippen LogP contribution in [0.25, 0.3) is 0 Å². The molecule has 0 amide bonds. The normalized spacial score (nSPS) is 11.6. The van der Waals surface area contributed by atoms with Crippen LogP contribution in [0.5, 0.6) is 0 Å². The quantitative estimate of drug-likeness (QED) is 0.649. The molecule has 0 rings (SSSR count). The number of aliphatic hydroxyl groups excluding tert-OH is 1. The Morgan fingerprint density at radius 1 is 1.64 bits per heavy atom. The second-order valence-corrected chi connectivity index (χ2v) is 3.78. The summed E-state index contributed by atoms with van der Waals surface area (Å²) in [6, 6.07) is 0. The minimum atomic E-state index is -0.650. The van der Waals surface area contributed by atoms with E-state index in [1.165, 1.54) is 7.11 Å². The average Bonchev–Trinajstić information content (AvgIpc) is 2.00. The van der Waals surface area contributed by atoms with Crippen LogP contribution in [0.15, 0.2) is 0 Å². The van der Waals surface area contributed by atoms with Crippen LogP contribution in [0.2, 0.25) is 0 Å². The Balaban J connectivity index is 3.82. The molecule has 0 unspecified atom stereocenters. The highest BCUT2D eigenvalue weighted by molar-refractivity contribution is 8.13. The van der Waals surface area contributed by atoms with Crippen molar-refractivity contribution < 1.29 is 14.6 Å². The fourth-order valence-electron chi connectivity index (χ4n) is 0.372. The number of ether oxygens (including phenoxy) is 1. The lowest BCUT2D eigenvalue weighted by molar-refractivity contribution is -0.119. The summed E-state index contributed by atoms with van der Waals surface area (Å²) in [7, 11) is 1.53. The zero-order valence-electron chi connectivity index (χ0n) is 7.09. The lowest BCUT2D eigenvalue weighted by Crippen LogP contribution is -2.25. The predicted octanol–water partition coefficient (Wildman–Crippen LogP) is 0.869. The van der Waals surface area contributed by atoms with Crippen LogP contribution in [0.1, 0.15) is 13.8 Å². The molecule has 0 saturated heterocycles. The number of methoxy groups -OCH3 is 1. The molecule has 0 aliphatic rings. The second-order valence-electron chi connectivity index (χ2n) is 2.88. The van der Waals surface area contributed by atoms with Crippen molar-refractivity contribution in [3.8, 4) is 0 Å². The summed E-state index contributed by atoms with van der Waals surface area (Å²) >= 11 is 1.09. The average molecular weight is 178 g/mol. The lowest BCUT2D eigenvalue weighted by Gasteiger charge is -2.18. The number of hydrogen-bond acceptors (Lipinski definition) is 4. The van der Waals surface area contributed by atoms with E-state index >= 15 is 0 Å². The minimum absolute atomic E-state index is 0.0400. The molecule has 0 bridgehead atoms. The fraction of sp³-hybridized carbons (Fsp3) is 0.857. The summed E-state index contributed by atoms with van der Waals surface area (Å²) in [4.78, 5) is 11.2. The maximum absolute atomic E-state index is 11.2. The lowest BCUT2D eigenvalue weighted by atomic mass is 9.97. The van der Waals surface area contributed by atoms with Gasteiger partial charge in [-0.2, -0.15) is 0 Å². The first-order valence-corrected chi connectivity index (χ1v) is 4.30. The van der Waals surface area contributed by atoms with Crippen LogP contribution in [-0.2, 0) is 9.53 Å². The molecule has 0 aromatic heterocycles. The summed E-state index contributed by atoms with van der Waals surface area (Å²) in [5.74, 6) is 0.349. The fourth-order valence-corrected chi connectivity index (χ4v) is 1.05. The number of carbonyl (C=O) groups excluding carboxylic acids is 1. The van der Waals surface area contributed by atoms with E-state index in [9.17, 15) is 4.79 Å². The molecule has 0 atom stereocenters. The van der Waals surface area contributed by atoms with E-state index < -0.39 is 5.41 Å². The van der Waals surface area contributed by atoms with E-state index in [4.69, 9.17) is 9.84 Å². The first-order chi connectivity index (χ1) is 5.04. The summed E-state index contributed by atoms with van der Waals surface area (Å²) in [5.41, 5.74) is -0.650. The number of aliphatic hydroxyl groups is 1. The Bertz CT molecular complexity index is 134. The zero-order chi connectivity index (χ0) is 8.91. The van der Waals surface area contributed by atoms with Crippen molar-refractivity contribution in [1.82, 2.24) is 0 Å². The van der Waals surface area contributed by atoms with Crippen molar-refractivity contribution in [2.45, 2.75) is 13.8 Å². The second kappa shape index (κ2) is 4.74. The van der Waals surface area contributed by atoms with E-state index in [2.05, 4.69) is 0 Å². The van der Waals surface area contributed by atoms with Gasteiger partial charge in [0.05, 0.1) is 18.0 Å². The molecule has 0 saturated carbocycles. The van der Waals surface area contributed by atoms with Gasteiger partial charge in [-0.05, 0) is 13.8 Å². The van der Waals surface area contributed by atoms with Crippen molar-refractivity contribution in [2.75, 3.05) is 19.7 Å². The van der Waals surface area contributed by atoms with Gasteiger partial charge >= 0.3 is 0 Å². The zero-order valence-corrected chi connectivity index (χ0v) is 7.90. The molecule has 0 aliphatic heterocycles. The topological polar surface area (TPSA) is 46.5 Å². The predicted molar refractivity (Wildman–Crippen MR) is 45.3 cm³/mol. The van der Waals surface area contributed by atoms with E-state index in [1.54, 1.807) is 13.8 Å². The van der Waals surface area contributed by atoms with Crippen LogP contribution in [0, 0.1) is 5.41 Å². The highest BCUT2D eigenvalue weighted by Crippen LogP contribution is 2.22. The first kappa shape index (κ1) is 10.9. The monoisotopic (exact) mass is 178 g/mol. The molecule has 0 aromatic rings. The Labute approximate surface area is 71.1 Å². The summed E-state index contributed by atoms with van der Waals surface area (Å²) < 4.78 is 4.71. The first-order valence-electron chi connectivity index (χ1n) is 3.31. The number of hydrogen-bond donors (Lipinski definition) is 1. The summed E-state index contributed by atoms with van der Waals surface area (Å²) in [6.45, 7) is 3.29. The standard InChI is InChI=1S/C7H14O3S/c1-7(2,4-8)6(9)11-5-10-3/h8H,4-5H2,1-3H3. The van der Waals surface area contributed by atoms with Crippen LogP contribution in [0.3, 0.4) is 0 Å². The van der Waals surface area contributed by atoms with Crippen molar-refractivity contribution in [1.29, 1.82) is 0 Å². The Hall–Kier alpha value is -0.0600. The largest absolute Gasteiger partial charge is 0.395 e. The molecular formula is C7H14O3S. The maximum Gasteiger partial charge on any atom is 0.199 e. The van der Waals surface area contributed by atoms with Gasteiger partial charge in [-0.3, -0.25) is 4.79 Å². The number of rotatable bonds is 4. The van der Waals surface area contributed by atoms with Crippen molar-refractivity contribution in [2.24, 2.45) is 5.41 Å². The number of carbonyl (C=O) groups is 1. The highest BCUT2D eigenvalue weighted by Gasteiger charge is 2.26. The van der Waals surface area contributed by atoms with E-state index in [1.807, 2.05) is 0 Å². The molecule has 0 aliphatic carbocycles. The van der Waals surface area contributed by atoms with Gasteiger partial charge in [0.1, 0.15) is 0 Å². The van der Waals surface area contributed by atoms with Crippen LogP contribution >= 0.6 is 11.8 Å². The summed E-state index contributed by atoms with van der Waals surface area (Å²) in [6.07, 6.45) is 0. The van der Waals surface area contributed by atoms with Crippen LogP contribution < -0.4 is 0 Å². The summed E-state index contributed by atoms with van der Waals surface area (Å²) in [5, 5.41) is 8.75. The van der Waals surface area contributed by atoms with Crippen molar-refractivity contribution in [3.05, 3.63) is 0 Å². The van der Waals surface area contributed by atoms with Crippen molar-refractivity contribution in [3.63, 3.8) is 0 Å². The molecule has 4 heteroatoms. The highest BCUT2D eigenvalue weighted by atomic mass is 32.2. The molecule has 0 aromatic carbocycles. The third-order valence-corrected chi connectivity index (χ3v) is 2.42. The maximum atomic E-state index is 11.2. The van der Waals surface area contributed by atoms with Gasteiger partial charge < -0.3 is 9.84 Å². The molecule has 0 radical (unpaired) electrons. The van der Waals surface area contributed by atoms with Crippen molar-refractivity contribution >= 4 is 16.9 Å². The third kappa shape index (κ3) is 3.74. The molecule has 11 heavy (non-hydrogen) atoms. The Morgan fingerprint density at radius 2 is 2.18 bits per heavy atom. The van der Waals surface area contributed by atoms with E-state index in [0.29, 0.717) is 5.94 Å². The molecule has 0 heterocycles. The third-order valence-electron chi connectivity index (χ3n) is 1.26. The van der Waals surface area contributed by atoms with Gasteiger partial charge in [0.2, 0.25) is 0 Å². The SMILES string of the molecule is COCSC(=O)C(C)(C)CO. The van der Waals surface area contributed by atoms with Gasteiger partial charge in [-0.1, -0.05) is 11.8 Å². The van der Waals surface area contributed by atoms with E-state index in [-0.39, 0.29) is 11.7 Å². The van der Waals surface area contributed by atoms with Gasteiger partial charge in [0, 0.05) is 7.11 Å². The molecule has 66 valence electrons. The van der Waals surface area contributed by atoms with Gasteiger partial charge in [0.15, 0.2) is 5.12 Å². The minimum Gasteiger partial charge on any atom is -0.395 e. The molecule has 0 fully saturated rings. The molecular weight excluding hydrogens is 164 g/mol. The molecule has 0 spiro atoms. The smallest absolute Gasteiger partial charge is 0.199 e. The molecule has 1 N–H and O–H groups in total. The van der Waals surface area contributed by atoms with E-state index in [0.717, 1.165) is 11.8 Å². The van der Waals surface area contributed by atoms with Crippen LogP contribution in [-0.4, -0.2) is 29.9 Å². The van der Waals surface area contributed by atoms with Gasteiger partial charge in [-0.25, -0.2) is 0 Å². The van der Waals surface area contributed by atoms with Gasteiger partial charge in [0.25, 0.3) is 0 Å². The Kier molecular flexibility index (Phi) is 4.72. The molecule has 3 nitrogen and oxygen atoms in total.